The summed E-state index contributed by atoms with van der Waals surface area (Å²) in [5.74, 6) is 0. The van der Waals surface area contributed by atoms with E-state index < -0.39 is 0 Å². The van der Waals surface area contributed by atoms with Gasteiger partial charge in [-0.25, -0.2) is 0 Å². The fourth-order valence-electron chi connectivity index (χ4n) is 2.93. The summed E-state index contributed by atoms with van der Waals surface area (Å²) in [7, 11) is 0. The molecule has 2 nitrogen and oxygen atoms in total. The highest BCUT2D eigenvalue weighted by atomic mass is 15.2. The van der Waals surface area contributed by atoms with Crippen molar-refractivity contribution in [3.05, 3.63) is 0 Å². The number of likely N-dealkylation sites (tertiary alicyclic amines) is 1. The minimum Gasteiger partial charge on any atom is -0.310 e. The quantitative estimate of drug-likeness (QED) is 0.727. The van der Waals surface area contributed by atoms with Crippen LogP contribution in [-0.2, 0) is 0 Å². The first-order chi connectivity index (χ1) is 6.70. The van der Waals surface area contributed by atoms with Crippen LogP contribution in [-0.4, -0.2) is 36.1 Å². The van der Waals surface area contributed by atoms with Gasteiger partial charge in [-0.3, -0.25) is 4.90 Å². The molecule has 0 bridgehead atoms. The maximum Gasteiger partial charge on any atom is 0.0281 e. The molecule has 2 heteroatoms. The summed E-state index contributed by atoms with van der Waals surface area (Å²) in [6, 6.07) is 0.808. The van der Waals surface area contributed by atoms with Crippen LogP contribution in [0.4, 0.5) is 0 Å². The van der Waals surface area contributed by atoms with E-state index in [-0.39, 0.29) is 0 Å². The van der Waals surface area contributed by atoms with E-state index >= 15 is 0 Å². The number of hydrogen-bond acceptors (Lipinski definition) is 2. The van der Waals surface area contributed by atoms with Crippen LogP contribution in [0.25, 0.3) is 0 Å². The number of nitrogens with one attached hydrogen (secondary N) is 1. The highest BCUT2D eigenvalue weighted by molar-refractivity contribution is 4.93. The van der Waals surface area contributed by atoms with E-state index in [2.05, 4.69) is 24.1 Å². The Morgan fingerprint density at radius 1 is 1.36 bits per heavy atom. The molecule has 2 aliphatic rings. The van der Waals surface area contributed by atoms with Crippen molar-refractivity contribution in [3.8, 4) is 0 Å². The average Bonchev–Trinajstić information content (AvgIpc) is 2.57. The Balaban J connectivity index is 1.88. The Hall–Kier alpha value is -0.0800. The first-order valence-corrected chi connectivity index (χ1v) is 6.19. The molecule has 0 saturated carbocycles. The van der Waals surface area contributed by atoms with E-state index in [9.17, 15) is 0 Å². The summed E-state index contributed by atoms with van der Waals surface area (Å²) >= 11 is 0. The molecule has 1 N–H and O–H groups in total. The van der Waals surface area contributed by atoms with Crippen molar-refractivity contribution in [1.29, 1.82) is 0 Å². The van der Waals surface area contributed by atoms with E-state index in [1.54, 1.807) is 0 Å². The molecule has 2 heterocycles. The molecule has 0 aromatic rings. The lowest BCUT2D eigenvalue weighted by Gasteiger charge is -2.39. The third-order valence-corrected chi connectivity index (χ3v) is 3.95. The molecule has 0 amide bonds. The van der Waals surface area contributed by atoms with Crippen LogP contribution in [0.2, 0.25) is 0 Å². The average molecular weight is 196 g/mol. The molecule has 2 aliphatic heterocycles. The Morgan fingerprint density at radius 3 is 2.86 bits per heavy atom. The van der Waals surface area contributed by atoms with E-state index in [0.717, 1.165) is 6.04 Å². The molecule has 2 atom stereocenters. The third-order valence-electron chi connectivity index (χ3n) is 3.95. The summed E-state index contributed by atoms with van der Waals surface area (Å²) in [6.07, 6.45) is 6.95. The maximum absolute atomic E-state index is 3.66. The summed E-state index contributed by atoms with van der Waals surface area (Å²) in [5.41, 5.74) is 0.408. The second-order valence-corrected chi connectivity index (χ2v) is 5.41. The Morgan fingerprint density at radius 2 is 2.21 bits per heavy atom. The van der Waals surface area contributed by atoms with E-state index in [1.165, 1.54) is 51.7 Å². The van der Waals surface area contributed by atoms with Crippen molar-refractivity contribution in [3.63, 3.8) is 0 Å². The lowest BCUT2D eigenvalue weighted by molar-refractivity contribution is 0.122. The van der Waals surface area contributed by atoms with Gasteiger partial charge in [0.25, 0.3) is 0 Å². The van der Waals surface area contributed by atoms with Crippen LogP contribution in [0.3, 0.4) is 0 Å². The molecule has 0 aromatic carbocycles. The van der Waals surface area contributed by atoms with E-state index in [4.69, 9.17) is 0 Å². The zero-order chi connectivity index (χ0) is 10.0. The Bertz CT molecular complexity index is 185. The van der Waals surface area contributed by atoms with Crippen LogP contribution >= 0.6 is 0 Å². The highest BCUT2D eigenvalue weighted by Crippen LogP contribution is 2.24. The third kappa shape index (κ3) is 2.29. The summed E-state index contributed by atoms with van der Waals surface area (Å²) in [6.45, 7) is 8.57. The van der Waals surface area contributed by atoms with Crippen molar-refractivity contribution in [2.45, 2.75) is 57.5 Å². The van der Waals surface area contributed by atoms with Gasteiger partial charge in [-0.1, -0.05) is 6.42 Å². The van der Waals surface area contributed by atoms with Gasteiger partial charge in [0.15, 0.2) is 0 Å². The molecular weight excluding hydrogens is 172 g/mol. The van der Waals surface area contributed by atoms with Crippen molar-refractivity contribution in [1.82, 2.24) is 10.2 Å². The van der Waals surface area contributed by atoms with Gasteiger partial charge in [0.05, 0.1) is 0 Å². The lowest BCUT2D eigenvalue weighted by atomic mass is 9.96. The second-order valence-electron chi connectivity index (χ2n) is 5.41. The normalized spacial score (nSPS) is 40.3. The summed E-state index contributed by atoms with van der Waals surface area (Å²) in [5, 5.41) is 3.66. The molecule has 0 aromatic heterocycles. The molecule has 2 saturated heterocycles. The SMILES string of the molecule is CC1CCCCN1CC1(C)CCCN1. The van der Waals surface area contributed by atoms with Crippen molar-refractivity contribution in [2.24, 2.45) is 0 Å². The lowest BCUT2D eigenvalue weighted by Crippen LogP contribution is -2.51. The van der Waals surface area contributed by atoms with Gasteiger partial charge in [0, 0.05) is 18.1 Å². The number of piperidine rings is 1. The van der Waals surface area contributed by atoms with Crippen LogP contribution < -0.4 is 5.32 Å². The van der Waals surface area contributed by atoms with Gasteiger partial charge in [-0.05, 0) is 52.6 Å². The zero-order valence-corrected chi connectivity index (χ0v) is 9.68. The van der Waals surface area contributed by atoms with Gasteiger partial charge in [0.1, 0.15) is 0 Å². The number of rotatable bonds is 2. The minimum absolute atomic E-state index is 0.408. The first kappa shape index (κ1) is 10.4. The van der Waals surface area contributed by atoms with Gasteiger partial charge < -0.3 is 5.32 Å². The fourth-order valence-corrected chi connectivity index (χ4v) is 2.93. The van der Waals surface area contributed by atoms with Gasteiger partial charge in [-0.2, -0.15) is 0 Å². The molecule has 2 fully saturated rings. The monoisotopic (exact) mass is 196 g/mol. The van der Waals surface area contributed by atoms with Crippen LogP contribution in [0.15, 0.2) is 0 Å². The standard InChI is InChI=1S/C12H24N2/c1-11-6-3-4-9-14(11)10-12(2)7-5-8-13-12/h11,13H,3-10H2,1-2H3. The van der Waals surface area contributed by atoms with Gasteiger partial charge in [0.2, 0.25) is 0 Å². The molecule has 0 aliphatic carbocycles. The molecular formula is C12H24N2. The number of nitrogens with zero attached hydrogens (tertiary/aromatic N) is 1. The van der Waals surface area contributed by atoms with E-state index in [0.29, 0.717) is 5.54 Å². The van der Waals surface area contributed by atoms with Gasteiger partial charge in [-0.15, -0.1) is 0 Å². The molecule has 2 rings (SSSR count). The Kier molecular flexibility index (Phi) is 3.13. The number of hydrogen-bond donors (Lipinski definition) is 1. The van der Waals surface area contributed by atoms with Gasteiger partial charge >= 0.3 is 0 Å². The molecule has 2 unspecified atom stereocenters. The van der Waals surface area contributed by atoms with Crippen molar-refractivity contribution in [2.75, 3.05) is 19.6 Å². The first-order valence-electron chi connectivity index (χ1n) is 6.19. The predicted octanol–water partition coefficient (Wildman–Crippen LogP) is 2.00. The highest BCUT2D eigenvalue weighted by Gasteiger charge is 2.32. The summed E-state index contributed by atoms with van der Waals surface area (Å²) < 4.78 is 0. The Labute approximate surface area is 88.1 Å². The topological polar surface area (TPSA) is 15.3 Å². The fraction of sp³-hybridized carbons (Fsp3) is 1.00. The second kappa shape index (κ2) is 4.19. The van der Waals surface area contributed by atoms with Crippen molar-refractivity contribution < 1.29 is 0 Å². The molecule has 0 radical (unpaired) electrons. The summed E-state index contributed by atoms with van der Waals surface area (Å²) in [4.78, 5) is 2.68. The minimum atomic E-state index is 0.408. The largest absolute Gasteiger partial charge is 0.310 e. The zero-order valence-electron chi connectivity index (χ0n) is 9.68. The van der Waals surface area contributed by atoms with Crippen LogP contribution in [0.1, 0.15) is 46.0 Å². The molecule has 0 spiro atoms. The van der Waals surface area contributed by atoms with Crippen LogP contribution in [0.5, 0.6) is 0 Å². The maximum atomic E-state index is 3.66. The van der Waals surface area contributed by atoms with Crippen molar-refractivity contribution >= 4 is 0 Å². The smallest absolute Gasteiger partial charge is 0.0281 e. The predicted molar refractivity (Wildman–Crippen MR) is 60.5 cm³/mol. The molecule has 82 valence electrons. The van der Waals surface area contributed by atoms with E-state index in [1.807, 2.05) is 0 Å². The molecule has 14 heavy (non-hydrogen) atoms. The van der Waals surface area contributed by atoms with Crippen LogP contribution in [0, 0.1) is 0 Å².